The topological polar surface area (TPSA) is 46.6 Å². The SMILES string of the molecule is CCCCCCC1=C[C@@H]1C(=O)N1C(=O)OC[C@H]1c1ccccc1. The highest BCUT2D eigenvalue weighted by Gasteiger charge is 2.44. The zero-order valence-electron chi connectivity index (χ0n) is 13.5. The van der Waals surface area contributed by atoms with Crippen molar-refractivity contribution in [3.63, 3.8) is 0 Å². The molecule has 0 radical (unpaired) electrons. The molecule has 1 saturated heterocycles. The minimum atomic E-state index is -0.519. The van der Waals surface area contributed by atoms with Gasteiger partial charge < -0.3 is 4.74 Å². The number of unbranched alkanes of at least 4 members (excludes halogenated alkanes) is 3. The van der Waals surface area contributed by atoms with Crippen molar-refractivity contribution in [1.82, 2.24) is 4.90 Å². The maximum atomic E-state index is 12.7. The maximum absolute atomic E-state index is 12.7. The molecule has 3 rings (SSSR count). The van der Waals surface area contributed by atoms with Crippen LogP contribution < -0.4 is 0 Å². The van der Waals surface area contributed by atoms with Crippen molar-refractivity contribution >= 4 is 12.0 Å². The molecule has 1 aliphatic carbocycles. The van der Waals surface area contributed by atoms with Gasteiger partial charge in [0, 0.05) is 0 Å². The van der Waals surface area contributed by atoms with E-state index in [1.165, 1.54) is 29.7 Å². The Balaban J connectivity index is 1.59. The lowest BCUT2D eigenvalue weighted by Crippen LogP contribution is -2.36. The van der Waals surface area contributed by atoms with E-state index in [1.807, 2.05) is 36.4 Å². The average Bonchev–Trinajstić information content (AvgIpc) is 3.25. The van der Waals surface area contributed by atoms with E-state index in [9.17, 15) is 9.59 Å². The number of hydrogen-bond acceptors (Lipinski definition) is 3. The van der Waals surface area contributed by atoms with Crippen LogP contribution >= 0.6 is 0 Å². The van der Waals surface area contributed by atoms with Crippen LogP contribution in [0.3, 0.4) is 0 Å². The summed E-state index contributed by atoms with van der Waals surface area (Å²) in [5.74, 6) is -0.319. The molecule has 0 aromatic heterocycles. The molecule has 0 unspecified atom stereocenters. The van der Waals surface area contributed by atoms with Crippen LogP contribution in [0, 0.1) is 5.92 Å². The summed E-state index contributed by atoms with van der Waals surface area (Å²) in [6.45, 7) is 2.43. The van der Waals surface area contributed by atoms with Crippen LogP contribution in [0.4, 0.5) is 4.79 Å². The molecule has 2 aliphatic rings. The van der Waals surface area contributed by atoms with Gasteiger partial charge in [0.25, 0.3) is 0 Å². The van der Waals surface area contributed by atoms with E-state index in [1.54, 1.807) is 0 Å². The molecular formula is C19H23NO3. The molecule has 1 fully saturated rings. The highest BCUT2D eigenvalue weighted by atomic mass is 16.6. The summed E-state index contributed by atoms with van der Waals surface area (Å²) < 4.78 is 5.12. The quantitative estimate of drug-likeness (QED) is 0.559. The van der Waals surface area contributed by atoms with Gasteiger partial charge in [-0.15, -0.1) is 0 Å². The van der Waals surface area contributed by atoms with E-state index in [-0.39, 0.29) is 24.5 Å². The van der Waals surface area contributed by atoms with Gasteiger partial charge in [0.2, 0.25) is 5.91 Å². The van der Waals surface area contributed by atoms with Crippen molar-refractivity contribution in [2.75, 3.05) is 6.61 Å². The van der Waals surface area contributed by atoms with Gasteiger partial charge in [0.1, 0.15) is 12.6 Å². The molecule has 2 amide bonds. The summed E-state index contributed by atoms with van der Waals surface area (Å²) in [4.78, 5) is 26.0. The molecular weight excluding hydrogens is 290 g/mol. The van der Waals surface area contributed by atoms with Gasteiger partial charge in [-0.05, 0) is 18.4 Å². The zero-order chi connectivity index (χ0) is 16.2. The van der Waals surface area contributed by atoms with Crippen LogP contribution in [0.2, 0.25) is 0 Å². The fourth-order valence-corrected chi connectivity index (χ4v) is 3.13. The van der Waals surface area contributed by atoms with Gasteiger partial charge in [0.05, 0.1) is 5.92 Å². The predicted octanol–water partition coefficient (Wildman–Crippen LogP) is 4.23. The van der Waals surface area contributed by atoms with Crippen molar-refractivity contribution in [3.05, 3.63) is 47.5 Å². The Morgan fingerprint density at radius 1 is 1.22 bits per heavy atom. The molecule has 4 nitrogen and oxygen atoms in total. The van der Waals surface area contributed by atoms with Crippen molar-refractivity contribution in [2.24, 2.45) is 5.92 Å². The first-order valence-electron chi connectivity index (χ1n) is 8.47. The Labute approximate surface area is 137 Å². The van der Waals surface area contributed by atoms with Crippen LogP contribution in [-0.4, -0.2) is 23.5 Å². The van der Waals surface area contributed by atoms with Crippen molar-refractivity contribution in [2.45, 2.75) is 45.1 Å². The minimum absolute atomic E-state index is 0.133. The van der Waals surface area contributed by atoms with E-state index in [0.29, 0.717) is 0 Å². The summed E-state index contributed by atoms with van der Waals surface area (Å²) in [5.41, 5.74) is 2.12. The van der Waals surface area contributed by atoms with Crippen molar-refractivity contribution in [1.29, 1.82) is 0 Å². The van der Waals surface area contributed by atoms with Crippen LogP contribution in [0.1, 0.15) is 50.6 Å². The monoisotopic (exact) mass is 313 g/mol. The second-order valence-corrected chi connectivity index (χ2v) is 6.24. The number of amides is 2. The smallest absolute Gasteiger partial charge is 0.417 e. The lowest BCUT2D eigenvalue weighted by atomic mass is 10.1. The highest BCUT2D eigenvalue weighted by Crippen LogP contribution is 2.39. The Kier molecular flexibility index (Phi) is 4.79. The third-order valence-electron chi connectivity index (χ3n) is 4.55. The third-order valence-corrected chi connectivity index (χ3v) is 4.55. The van der Waals surface area contributed by atoms with E-state index in [4.69, 9.17) is 4.74 Å². The Hall–Kier alpha value is -2.10. The van der Waals surface area contributed by atoms with E-state index < -0.39 is 6.09 Å². The fraction of sp³-hybridized carbons (Fsp3) is 0.474. The molecule has 2 atom stereocenters. The number of nitrogens with zero attached hydrogens (tertiary/aromatic N) is 1. The average molecular weight is 313 g/mol. The zero-order valence-corrected chi connectivity index (χ0v) is 13.5. The summed E-state index contributed by atoms with van der Waals surface area (Å²) in [6.07, 6.45) is 7.20. The number of hydrogen-bond donors (Lipinski definition) is 0. The fourth-order valence-electron chi connectivity index (χ4n) is 3.13. The van der Waals surface area contributed by atoms with Gasteiger partial charge >= 0.3 is 6.09 Å². The number of cyclic esters (lactones) is 1. The first-order chi connectivity index (χ1) is 11.2. The third kappa shape index (κ3) is 3.46. The van der Waals surface area contributed by atoms with Gasteiger partial charge in [-0.2, -0.15) is 0 Å². The van der Waals surface area contributed by atoms with Crippen molar-refractivity contribution in [3.8, 4) is 0 Å². The van der Waals surface area contributed by atoms with Crippen LogP contribution in [0.15, 0.2) is 42.0 Å². The predicted molar refractivity (Wildman–Crippen MR) is 87.7 cm³/mol. The minimum Gasteiger partial charge on any atom is -0.446 e. The number of rotatable bonds is 7. The first kappa shape index (κ1) is 15.8. The molecule has 0 spiro atoms. The van der Waals surface area contributed by atoms with Gasteiger partial charge in [-0.3, -0.25) is 4.79 Å². The number of benzene rings is 1. The molecule has 4 heteroatoms. The van der Waals surface area contributed by atoms with E-state index in [2.05, 4.69) is 6.92 Å². The molecule has 23 heavy (non-hydrogen) atoms. The molecule has 1 aliphatic heterocycles. The normalized spacial score (nSPS) is 22.7. The summed E-state index contributed by atoms with van der Waals surface area (Å²) in [7, 11) is 0. The maximum Gasteiger partial charge on any atom is 0.417 e. The largest absolute Gasteiger partial charge is 0.446 e. The number of carbonyl (C=O) groups excluding carboxylic acids is 2. The second-order valence-electron chi connectivity index (χ2n) is 6.24. The number of ether oxygens (including phenoxy) is 1. The standard InChI is InChI=1S/C19H23NO3/c1-2-3-4-6-11-15-12-16(15)18(21)20-17(13-23-19(20)22)14-9-7-5-8-10-14/h5,7-10,12,16-17H,2-4,6,11,13H2,1H3/t16-,17-/m0/s1. The lowest BCUT2D eigenvalue weighted by Gasteiger charge is -2.20. The molecule has 1 heterocycles. The molecule has 1 aromatic carbocycles. The van der Waals surface area contributed by atoms with Crippen molar-refractivity contribution < 1.29 is 14.3 Å². The molecule has 1 aromatic rings. The summed E-state index contributed by atoms with van der Waals surface area (Å²) >= 11 is 0. The number of imide groups is 1. The summed E-state index contributed by atoms with van der Waals surface area (Å²) in [6, 6.07) is 9.30. The molecule has 122 valence electrons. The van der Waals surface area contributed by atoms with Gasteiger partial charge in [0.15, 0.2) is 0 Å². The van der Waals surface area contributed by atoms with Crippen LogP contribution in [0.25, 0.3) is 0 Å². The highest BCUT2D eigenvalue weighted by molar-refractivity contribution is 5.99. The van der Waals surface area contributed by atoms with Crippen LogP contribution in [-0.2, 0) is 9.53 Å². The Bertz CT molecular complexity index is 608. The molecule has 0 N–H and O–H groups in total. The van der Waals surface area contributed by atoms with Gasteiger partial charge in [-0.25, -0.2) is 9.69 Å². The lowest BCUT2D eigenvalue weighted by molar-refractivity contribution is -0.130. The Morgan fingerprint density at radius 2 is 2.00 bits per heavy atom. The Morgan fingerprint density at radius 3 is 2.74 bits per heavy atom. The number of carbonyl (C=O) groups is 2. The summed E-state index contributed by atoms with van der Waals surface area (Å²) in [5, 5.41) is 0. The molecule has 0 saturated carbocycles. The van der Waals surface area contributed by atoms with Gasteiger partial charge in [-0.1, -0.05) is 68.2 Å². The van der Waals surface area contributed by atoms with E-state index in [0.717, 1.165) is 18.4 Å². The van der Waals surface area contributed by atoms with E-state index >= 15 is 0 Å². The van der Waals surface area contributed by atoms with Crippen LogP contribution in [0.5, 0.6) is 0 Å². The molecule has 0 bridgehead atoms. The second kappa shape index (κ2) is 6.99. The first-order valence-corrected chi connectivity index (χ1v) is 8.47.